The SMILES string of the molecule is CCNC(=S)NC[CH][C@H](C)CC. The minimum Gasteiger partial charge on any atom is -0.363 e. The summed E-state index contributed by atoms with van der Waals surface area (Å²) in [6.07, 6.45) is 3.43. The average molecular weight is 187 g/mol. The summed E-state index contributed by atoms with van der Waals surface area (Å²) < 4.78 is 0. The fourth-order valence-corrected chi connectivity index (χ4v) is 0.970. The maximum atomic E-state index is 5.00. The highest BCUT2D eigenvalue weighted by Gasteiger charge is 1.98. The second kappa shape index (κ2) is 7.35. The number of hydrogen-bond acceptors (Lipinski definition) is 1. The van der Waals surface area contributed by atoms with Crippen LogP contribution >= 0.6 is 12.2 Å². The topological polar surface area (TPSA) is 24.1 Å². The number of nitrogens with one attached hydrogen (secondary N) is 2. The van der Waals surface area contributed by atoms with Gasteiger partial charge >= 0.3 is 0 Å². The minimum atomic E-state index is 0.668. The molecular formula is C9H19N2S. The van der Waals surface area contributed by atoms with Crippen molar-refractivity contribution >= 4 is 17.3 Å². The standard InChI is InChI=1S/C9H19N2S/c1-4-8(3)6-7-11-9(12)10-5-2/h6,8H,4-5,7H2,1-3H3,(H2,10,11,12)/t8-/m1/s1. The Morgan fingerprint density at radius 1 is 1.42 bits per heavy atom. The van der Waals surface area contributed by atoms with Crippen molar-refractivity contribution in [3.05, 3.63) is 6.42 Å². The first kappa shape index (κ1) is 11.7. The van der Waals surface area contributed by atoms with Gasteiger partial charge in [0.05, 0.1) is 0 Å². The van der Waals surface area contributed by atoms with Crippen LogP contribution in [0.5, 0.6) is 0 Å². The molecule has 0 unspecified atom stereocenters. The molecule has 0 saturated heterocycles. The van der Waals surface area contributed by atoms with Gasteiger partial charge in [-0.05, 0) is 31.5 Å². The van der Waals surface area contributed by atoms with Crippen molar-refractivity contribution in [1.29, 1.82) is 0 Å². The summed E-state index contributed by atoms with van der Waals surface area (Å²) in [5.41, 5.74) is 0. The van der Waals surface area contributed by atoms with Crippen LogP contribution < -0.4 is 10.6 Å². The van der Waals surface area contributed by atoms with Gasteiger partial charge in [-0.25, -0.2) is 0 Å². The van der Waals surface area contributed by atoms with Crippen molar-refractivity contribution < 1.29 is 0 Å². The molecule has 0 fully saturated rings. The van der Waals surface area contributed by atoms with E-state index in [-0.39, 0.29) is 0 Å². The smallest absolute Gasteiger partial charge is 0.166 e. The maximum absolute atomic E-state index is 5.00. The summed E-state index contributed by atoms with van der Waals surface area (Å²) in [5, 5.41) is 6.90. The van der Waals surface area contributed by atoms with Crippen molar-refractivity contribution in [2.75, 3.05) is 13.1 Å². The second-order valence-electron chi connectivity index (χ2n) is 2.86. The van der Waals surface area contributed by atoms with Crippen LogP contribution in [0.3, 0.4) is 0 Å². The molecule has 71 valence electrons. The highest BCUT2D eigenvalue weighted by atomic mass is 32.1. The third-order valence-electron chi connectivity index (χ3n) is 1.76. The van der Waals surface area contributed by atoms with Crippen LogP contribution in [0.1, 0.15) is 27.2 Å². The van der Waals surface area contributed by atoms with Gasteiger partial charge in [-0.3, -0.25) is 0 Å². The number of hydrogen-bond donors (Lipinski definition) is 2. The Morgan fingerprint density at radius 3 is 2.58 bits per heavy atom. The Morgan fingerprint density at radius 2 is 2.08 bits per heavy atom. The quantitative estimate of drug-likeness (QED) is 0.641. The Bertz CT molecular complexity index is 126. The van der Waals surface area contributed by atoms with Crippen molar-refractivity contribution in [3.8, 4) is 0 Å². The molecule has 0 aromatic heterocycles. The summed E-state index contributed by atoms with van der Waals surface area (Å²) in [4.78, 5) is 0. The second-order valence-corrected chi connectivity index (χ2v) is 3.27. The third-order valence-corrected chi connectivity index (χ3v) is 2.05. The Balaban J connectivity index is 3.24. The van der Waals surface area contributed by atoms with E-state index >= 15 is 0 Å². The Hall–Kier alpha value is -0.310. The first-order chi connectivity index (χ1) is 5.70. The highest BCUT2D eigenvalue weighted by molar-refractivity contribution is 7.80. The van der Waals surface area contributed by atoms with Gasteiger partial charge in [-0.1, -0.05) is 20.3 Å². The molecule has 0 aliphatic carbocycles. The van der Waals surface area contributed by atoms with Crippen LogP contribution in [-0.2, 0) is 0 Å². The largest absolute Gasteiger partial charge is 0.363 e. The lowest BCUT2D eigenvalue weighted by Gasteiger charge is -2.10. The van der Waals surface area contributed by atoms with Gasteiger partial charge in [0.1, 0.15) is 0 Å². The van der Waals surface area contributed by atoms with Crippen molar-refractivity contribution in [3.63, 3.8) is 0 Å². The highest BCUT2D eigenvalue weighted by Crippen LogP contribution is 2.02. The lowest BCUT2D eigenvalue weighted by molar-refractivity contribution is 0.624. The first-order valence-electron chi connectivity index (χ1n) is 4.55. The van der Waals surface area contributed by atoms with Gasteiger partial charge in [-0.15, -0.1) is 0 Å². The molecule has 0 aliphatic rings. The van der Waals surface area contributed by atoms with Gasteiger partial charge in [0.15, 0.2) is 5.11 Å². The van der Waals surface area contributed by atoms with Gasteiger partial charge in [0.25, 0.3) is 0 Å². The van der Waals surface area contributed by atoms with Gasteiger partial charge < -0.3 is 10.6 Å². The van der Waals surface area contributed by atoms with E-state index in [1.54, 1.807) is 0 Å². The van der Waals surface area contributed by atoms with Crippen LogP contribution in [0.2, 0.25) is 0 Å². The molecule has 1 atom stereocenters. The van der Waals surface area contributed by atoms with Gasteiger partial charge in [-0.2, -0.15) is 0 Å². The van der Waals surface area contributed by atoms with E-state index in [1.165, 1.54) is 6.42 Å². The molecule has 0 aromatic carbocycles. The molecule has 0 aliphatic heterocycles. The van der Waals surface area contributed by atoms with E-state index in [2.05, 4.69) is 30.9 Å². The third kappa shape index (κ3) is 6.40. The van der Waals surface area contributed by atoms with E-state index in [0.29, 0.717) is 5.92 Å². The summed E-state index contributed by atoms with van der Waals surface area (Å²) in [6.45, 7) is 8.17. The first-order valence-corrected chi connectivity index (χ1v) is 4.96. The monoisotopic (exact) mass is 187 g/mol. The molecule has 0 saturated carbocycles. The molecule has 2 N–H and O–H groups in total. The van der Waals surface area contributed by atoms with Crippen molar-refractivity contribution in [2.24, 2.45) is 5.92 Å². The zero-order valence-electron chi connectivity index (χ0n) is 8.18. The fourth-order valence-electron chi connectivity index (χ4n) is 0.743. The van der Waals surface area contributed by atoms with E-state index in [4.69, 9.17) is 12.2 Å². The Kier molecular flexibility index (Phi) is 7.16. The predicted molar refractivity (Wildman–Crippen MR) is 58.0 cm³/mol. The van der Waals surface area contributed by atoms with Crippen LogP contribution in [0.4, 0.5) is 0 Å². The van der Waals surface area contributed by atoms with Crippen LogP contribution in [0.15, 0.2) is 0 Å². The zero-order chi connectivity index (χ0) is 9.40. The van der Waals surface area contributed by atoms with Crippen molar-refractivity contribution in [2.45, 2.75) is 27.2 Å². The van der Waals surface area contributed by atoms with Crippen molar-refractivity contribution in [1.82, 2.24) is 10.6 Å². The molecule has 0 heterocycles. The number of rotatable bonds is 5. The summed E-state index contributed by atoms with van der Waals surface area (Å²) >= 11 is 5.00. The molecule has 0 aromatic rings. The van der Waals surface area contributed by atoms with E-state index < -0.39 is 0 Å². The van der Waals surface area contributed by atoms with Gasteiger partial charge in [0.2, 0.25) is 0 Å². The molecule has 2 nitrogen and oxygen atoms in total. The van der Waals surface area contributed by atoms with E-state index in [9.17, 15) is 0 Å². The van der Waals surface area contributed by atoms with E-state index in [0.717, 1.165) is 18.2 Å². The summed E-state index contributed by atoms with van der Waals surface area (Å²) in [6, 6.07) is 0. The van der Waals surface area contributed by atoms with Gasteiger partial charge in [0, 0.05) is 13.1 Å². The van der Waals surface area contributed by atoms with E-state index in [1.807, 2.05) is 6.92 Å². The Labute approximate surface area is 81.1 Å². The molecule has 1 radical (unpaired) electrons. The summed E-state index contributed by atoms with van der Waals surface area (Å²) in [5.74, 6) is 0.668. The molecule has 3 heteroatoms. The van der Waals surface area contributed by atoms with Crippen LogP contribution in [0.25, 0.3) is 0 Å². The fraction of sp³-hybridized carbons (Fsp3) is 0.778. The molecule has 12 heavy (non-hydrogen) atoms. The lowest BCUT2D eigenvalue weighted by atomic mass is 10.1. The summed E-state index contributed by atoms with van der Waals surface area (Å²) in [7, 11) is 0. The molecule has 0 amide bonds. The molecular weight excluding hydrogens is 168 g/mol. The lowest BCUT2D eigenvalue weighted by Crippen LogP contribution is -2.36. The predicted octanol–water partition coefficient (Wildman–Crippen LogP) is 1.72. The zero-order valence-corrected chi connectivity index (χ0v) is 9.00. The average Bonchev–Trinajstić information content (AvgIpc) is 2.04. The number of thiocarbonyl (C=S) groups is 1. The maximum Gasteiger partial charge on any atom is 0.166 e. The normalized spacial score (nSPS) is 12.2. The van der Waals surface area contributed by atoms with Crippen LogP contribution in [-0.4, -0.2) is 18.2 Å². The minimum absolute atomic E-state index is 0.668. The molecule has 0 rings (SSSR count). The van der Waals surface area contributed by atoms with Crippen LogP contribution in [0, 0.1) is 12.3 Å². The molecule has 0 bridgehead atoms. The molecule has 0 spiro atoms.